The van der Waals surface area contributed by atoms with Gasteiger partial charge >= 0.3 is 89.3 Å². The maximum Gasteiger partial charge on any atom is 1.00 e. The van der Waals surface area contributed by atoms with Crippen LogP contribution >= 0.6 is 34.8 Å². The van der Waals surface area contributed by atoms with Crippen LogP contribution < -0.4 is 34.7 Å². The molecule has 24 nitrogen and oxygen atoms in total. The molecule has 0 aromatic heterocycles. The zero-order chi connectivity index (χ0) is 56.7. The summed E-state index contributed by atoms with van der Waals surface area (Å²) < 4.78 is 45.2. The maximum atomic E-state index is 12.0. The third-order valence-corrected chi connectivity index (χ3v) is 15.0. The van der Waals surface area contributed by atoms with Gasteiger partial charge in [0.2, 0.25) is 5.24 Å². The molecule has 6 saturated carbocycles. The standard InChI is InChI=1S/C16H18O8.C12H13ClO6.C10H12O5.2C4H6O2.C2H2Cl2O.Na/c1-6(2)14(18)22-5-9(17)23-12-7-4-8-11(10(7)15(19)21-3)16(20)24-13(8)12;1-17-11(15)7-4-2-5-8(7)12(16)19-10(5)9(4)18-6(14)3-13;1-14-9(12)5-3-2-4-6(5)10(13)15-8(4)7(3)11;2*1-3(2)4(5)6;3-1-2(4)5;/h7-8,10-13H,1,4-5H2,2-3H3;4-5,7-10H,2-3H2,1H3;3-8,11H,2H2,1H3;2*1H2,2H3,(H,5,6);1H2;/q;;;;;;+1/p-1. The predicted molar refractivity (Wildman–Crippen MR) is 248 cm³/mol. The molecule has 3 saturated heterocycles. The Balaban J connectivity index is 0.000000263. The number of hydrogen-bond acceptors (Lipinski definition) is 23. The molecule has 414 valence electrons. The summed E-state index contributed by atoms with van der Waals surface area (Å²) in [5.41, 5.74) is 0.408. The van der Waals surface area contributed by atoms with Crippen LogP contribution in [0, 0.1) is 71.0 Å². The SMILES string of the molecule is C=C(C)C(=O)O.C=C(C)C(=O)OCC(=O)OC1C2CC3C1OC(=O)C3C2C(=O)OC.C=C(C)C(=O)[O-].COC(=O)C1C2CC3C(OC(=O)C31)C2O.COC(=O)C1C2CC3C(OC(=O)C31)C2OC(=O)CCl.O=C(Cl)CCl.[Na+]. The van der Waals surface area contributed by atoms with Crippen molar-refractivity contribution in [2.75, 3.05) is 39.7 Å². The average molecular weight is 1150 g/mol. The third-order valence-electron chi connectivity index (χ3n) is 14.2. The van der Waals surface area contributed by atoms with Gasteiger partial charge < -0.3 is 62.7 Å². The first-order chi connectivity index (χ1) is 35.1. The molecule has 2 N–H and O–H groups in total. The minimum atomic E-state index is -1.19. The normalized spacial score (nSPS) is 33.4. The molecule has 3 heterocycles. The quantitative estimate of drug-likeness (QED) is 0.0505. The summed E-state index contributed by atoms with van der Waals surface area (Å²) >= 11 is 15.0. The molecule has 3 aliphatic heterocycles. The van der Waals surface area contributed by atoms with Crippen LogP contribution in [0.3, 0.4) is 0 Å². The average Bonchev–Trinajstić information content (AvgIpc) is 4.26. The van der Waals surface area contributed by atoms with Gasteiger partial charge in [0.15, 0.2) is 6.61 Å². The molecule has 6 bridgehead atoms. The van der Waals surface area contributed by atoms with Gasteiger partial charge in [-0.15, -0.1) is 23.2 Å². The van der Waals surface area contributed by atoms with Crippen LogP contribution in [0.5, 0.6) is 0 Å². The number of carboxylic acids is 2. The van der Waals surface area contributed by atoms with Gasteiger partial charge in [0.25, 0.3) is 0 Å². The van der Waals surface area contributed by atoms with Gasteiger partial charge in [-0.3, -0.25) is 38.4 Å². The monoisotopic (exact) mass is 1140 g/mol. The fourth-order valence-electron chi connectivity index (χ4n) is 11.3. The van der Waals surface area contributed by atoms with Crippen molar-refractivity contribution in [1.82, 2.24) is 0 Å². The number of fused-ring (bicyclic) bond motifs is 3. The van der Waals surface area contributed by atoms with E-state index in [9.17, 15) is 67.7 Å². The van der Waals surface area contributed by atoms with Gasteiger partial charge in [0, 0.05) is 46.7 Å². The molecule has 18 unspecified atom stereocenters. The van der Waals surface area contributed by atoms with Crippen molar-refractivity contribution in [1.29, 1.82) is 0 Å². The molecule has 9 aliphatic rings. The molecule has 18 atom stereocenters. The predicted octanol–water partition coefficient (Wildman–Crippen LogP) is -2.60. The van der Waals surface area contributed by atoms with Crippen LogP contribution in [0.4, 0.5) is 0 Å². The van der Waals surface area contributed by atoms with E-state index < -0.39 is 132 Å². The van der Waals surface area contributed by atoms with E-state index in [1.54, 1.807) is 0 Å². The number of aliphatic hydroxyl groups is 1. The first kappa shape index (κ1) is 65.2. The Morgan fingerprint density at radius 1 is 0.592 bits per heavy atom. The summed E-state index contributed by atoms with van der Waals surface area (Å²) in [5.74, 6) is -11.0. The van der Waals surface area contributed by atoms with Crippen LogP contribution in [0.25, 0.3) is 0 Å². The number of aliphatic hydroxyl groups excluding tert-OH is 1. The molecule has 76 heavy (non-hydrogen) atoms. The Morgan fingerprint density at radius 2 is 0.921 bits per heavy atom. The Bertz CT molecular complexity index is 2310. The van der Waals surface area contributed by atoms with Crippen molar-refractivity contribution in [3.05, 3.63) is 36.5 Å². The van der Waals surface area contributed by atoms with E-state index in [0.717, 1.165) is 0 Å². The van der Waals surface area contributed by atoms with Crippen molar-refractivity contribution in [2.45, 2.75) is 76.7 Å². The van der Waals surface area contributed by atoms with Crippen LogP contribution in [0.15, 0.2) is 36.5 Å². The molecule has 0 amide bonds. The van der Waals surface area contributed by atoms with Crippen molar-refractivity contribution < 1.29 is 145 Å². The minimum Gasteiger partial charge on any atom is -0.545 e. The van der Waals surface area contributed by atoms with Crippen LogP contribution in [-0.4, -0.2) is 157 Å². The van der Waals surface area contributed by atoms with Gasteiger partial charge in [-0.05, 0) is 57.2 Å². The summed E-state index contributed by atoms with van der Waals surface area (Å²) in [6, 6.07) is 0. The molecular formula is C48H56Cl3NaO24. The number of carbonyl (C=O) groups excluding carboxylic acids is 11. The van der Waals surface area contributed by atoms with E-state index in [1.165, 1.54) is 42.1 Å². The van der Waals surface area contributed by atoms with E-state index in [0.29, 0.717) is 19.3 Å². The number of ether oxygens (including phenoxy) is 9. The molecule has 0 spiro atoms. The molecule has 6 aliphatic carbocycles. The van der Waals surface area contributed by atoms with E-state index in [2.05, 4.69) is 24.5 Å². The molecule has 28 heteroatoms. The van der Waals surface area contributed by atoms with Crippen molar-refractivity contribution in [3.8, 4) is 0 Å². The van der Waals surface area contributed by atoms with Crippen molar-refractivity contribution >= 4 is 106 Å². The summed E-state index contributed by atoms with van der Waals surface area (Å²) in [7, 11) is 3.84. The largest absolute Gasteiger partial charge is 1.00 e. The Kier molecular flexibility index (Phi) is 24.0. The molecule has 0 aromatic carbocycles. The number of halogens is 3. The number of carbonyl (C=O) groups is 12. The molecular weight excluding hydrogens is 1090 g/mol. The molecule has 9 fully saturated rings. The Labute approximate surface area is 471 Å². The zero-order valence-corrected chi connectivity index (χ0v) is 46.5. The summed E-state index contributed by atoms with van der Waals surface area (Å²) in [6.07, 6.45) is -1.46. The van der Waals surface area contributed by atoms with Crippen molar-refractivity contribution in [3.63, 3.8) is 0 Å². The first-order valence-corrected chi connectivity index (χ1v) is 24.4. The first-order valence-electron chi connectivity index (χ1n) is 22.9. The maximum absolute atomic E-state index is 12.0. The van der Waals surface area contributed by atoms with E-state index in [-0.39, 0.29) is 112 Å². The number of carboxylic acid groups (broad SMARTS) is 2. The second-order valence-corrected chi connectivity index (χ2v) is 19.6. The van der Waals surface area contributed by atoms with Gasteiger partial charge in [-0.25, -0.2) is 14.4 Å². The Morgan fingerprint density at radius 3 is 1.24 bits per heavy atom. The third kappa shape index (κ3) is 14.1. The minimum absolute atomic E-state index is 0. The van der Waals surface area contributed by atoms with E-state index >= 15 is 0 Å². The van der Waals surface area contributed by atoms with Crippen LogP contribution in [0.1, 0.15) is 40.0 Å². The summed E-state index contributed by atoms with van der Waals surface area (Å²) in [4.78, 5) is 134. The second kappa shape index (κ2) is 28.0. The van der Waals surface area contributed by atoms with Gasteiger partial charge in [-0.1, -0.05) is 19.7 Å². The van der Waals surface area contributed by atoms with Gasteiger partial charge in [-0.2, -0.15) is 0 Å². The Hall–Kier alpha value is -5.11. The zero-order valence-electron chi connectivity index (χ0n) is 42.3. The smallest absolute Gasteiger partial charge is 0.545 e. The molecule has 9 rings (SSSR count). The number of hydrogen-bond donors (Lipinski definition) is 2. The number of alkyl halides is 2. The van der Waals surface area contributed by atoms with Gasteiger partial charge in [0.1, 0.15) is 36.4 Å². The number of esters is 9. The number of aliphatic carboxylic acids is 2. The summed E-state index contributed by atoms with van der Waals surface area (Å²) in [6.45, 7) is 13.4. The molecule has 0 radical (unpaired) electrons. The van der Waals surface area contributed by atoms with Crippen molar-refractivity contribution in [2.24, 2.45) is 71.0 Å². The van der Waals surface area contributed by atoms with E-state index in [4.69, 9.17) is 77.8 Å². The summed E-state index contributed by atoms with van der Waals surface area (Å²) in [5, 5.41) is 26.7. The topological polar surface area (TPSA) is 351 Å². The second-order valence-electron chi connectivity index (χ2n) is 18.7. The van der Waals surface area contributed by atoms with Gasteiger partial charge in [0.05, 0.1) is 74.8 Å². The van der Waals surface area contributed by atoms with E-state index in [1.807, 2.05) is 0 Å². The van der Waals surface area contributed by atoms with Crippen LogP contribution in [0.2, 0.25) is 0 Å². The fourth-order valence-corrected chi connectivity index (χ4v) is 11.4. The number of rotatable bonds is 12. The fraction of sp³-hybridized carbons (Fsp3) is 0.625. The molecule has 0 aromatic rings. The van der Waals surface area contributed by atoms with Crippen LogP contribution in [-0.2, 0) is 100 Å². The number of methoxy groups -OCH3 is 3.